The predicted molar refractivity (Wildman–Crippen MR) is 443 cm³/mol. The van der Waals surface area contributed by atoms with Crippen LogP contribution >= 0.6 is 11.6 Å². The number of carbonyl (C=O) groups is 1. The van der Waals surface area contributed by atoms with Crippen molar-refractivity contribution in [1.82, 2.24) is 78.0 Å². The van der Waals surface area contributed by atoms with Crippen molar-refractivity contribution in [1.29, 1.82) is 0 Å². The molecule has 5 aliphatic heterocycles. The number of hydrogen-bond donors (Lipinski definition) is 5. The smallest absolute Gasteiger partial charge is 0.248 e. The lowest BCUT2D eigenvalue weighted by molar-refractivity contribution is -0.0660. The molecule has 1 atom stereocenters. The molecule has 1 aliphatic carbocycles. The van der Waals surface area contributed by atoms with Crippen molar-refractivity contribution in [3.8, 4) is 67.5 Å². The number of amides is 1. The third-order valence-electron chi connectivity index (χ3n) is 21.5. The van der Waals surface area contributed by atoms with E-state index in [-0.39, 0.29) is 11.6 Å². The van der Waals surface area contributed by atoms with Crippen LogP contribution < -0.4 is 45.9 Å². The Morgan fingerprint density at radius 1 is 0.491 bits per heavy atom. The van der Waals surface area contributed by atoms with Crippen LogP contribution in [-0.2, 0) is 14.2 Å². The van der Waals surface area contributed by atoms with E-state index in [1.54, 1.807) is 63.0 Å². The van der Waals surface area contributed by atoms with Crippen LogP contribution in [0.2, 0.25) is 5.02 Å². The molecule has 8 aromatic heterocycles. The van der Waals surface area contributed by atoms with Gasteiger partial charge in [-0.3, -0.25) is 24.4 Å². The zero-order valence-corrected chi connectivity index (χ0v) is 66.7. The molecule has 6 aliphatic rings. The fourth-order valence-corrected chi connectivity index (χ4v) is 15.6. The standard InChI is InChI=1S/C24H30FN5O.C20H24ClN5O2.C20H24FN5O2.C20H22N6O3/c1-24(2)6-3-4-19(15-24)29-9-7-26-22-5-8-30-23(28-22)21(16-27-30)17-12-18(25)14-20(13-17)31-11-10-29;1-27-9-7-25-5-2-4-22-19-3-6-26-20(24-19)18(14-23-26)15-11-16(21)13-17(12-15)28-10-8-25;1-27-10-8-25-5-2-9-28-17-12-15(11-16(21)13-17)18-14-23-26-6-3-19(22-4-7-25)24-20(18)26;21-19(27)14-7-13-8-16(9-14)29-6-5-25(15-11-28-12-15)4-2-22-18-1-3-26-20(24-18)17(13)10-23-26/h5,8,12-14,16,19H,3-4,6-7,9-11,15H2,1-2H3,(H,26,28);2*3,6,11-14H,2,4-5,7-10H2,1H3,(H,22,24);1,3,7-10,15H,2,4-6,11-12H2,(H2,21,27)(H,22,24). The number of rotatable bonds is 9. The maximum absolute atomic E-state index is 14.4. The number of hydrogen-bond acceptors (Lipinski definition) is 24. The number of anilines is 4. The number of methoxy groups -OCH3 is 2. The molecular formula is C84H100ClF2N21O8. The highest BCUT2D eigenvalue weighted by molar-refractivity contribution is 6.31. The zero-order chi connectivity index (χ0) is 79.9. The topological polar surface area (TPSA) is 290 Å². The number of primary amides is 1. The Balaban J connectivity index is 0.000000122. The normalized spacial score (nSPS) is 17.9. The Labute approximate surface area is 676 Å². The molecule has 0 spiro atoms. The average molecular weight is 1610 g/mol. The third kappa shape index (κ3) is 20.5. The van der Waals surface area contributed by atoms with Gasteiger partial charge in [0.2, 0.25) is 5.91 Å². The first-order valence-electron chi connectivity index (χ1n) is 39.8. The number of fused-ring (bicyclic) bond motifs is 16. The molecule has 116 heavy (non-hydrogen) atoms. The molecule has 6 N–H and O–H groups in total. The number of ether oxygens (including phenoxy) is 7. The Kier molecular flexibility index (Phi) is 26.2. The van der Waals surface area contributed by atoms with Crippen LogP contribution in [-0.4, -0.2) is 255 Å². The van der Waals surface area contributed by atoms with E-state index in [4.69, 9.17) is 65.4 Å². The van der Waals surface area contributed by atoms with Crippen LogP contribution in [0.5, 0.6) is 23.0 Å². The van der Waals surface area contributed by atoms with E-state index in [1.807, 2.05) is 91.6 Å². The molecule has 2 fully saturated rings. The fourth-order valence-electron chi connectivity index (χ4n) is 15.4. The van der Waals surface area contributed by atoms with Gasteiger partial charge in [-0.05, 0) is 145 Å². The highest BCUT2D eigenvalue weighted by Gasteiger charge is 2.32. The van der Waals surface area contributed by atoms with Crippen molar-refractivity contribution in [2.75, 3.05) is 180 Å². The number of aromatic nitrogens is 12. The summed E-state index contributed by atoms with van der Waals surface area (Å²) in [4.78, 5) is 40.3. The summed E-state index contributed by atoms with van der Waals surface area (Å²) < 4.78 is 75.1. The Bertz CT molecular complexity index is 5330. The van der Waals surface area contributed by atoms with E-state index >= 15 is 0 Å². The van der Waals surface area contributed by atoms with E-state index < -0.39 is 5.91 Å². The van der Waals surface area contributed by atoms with Gasteiger partial charge in [0.05, 0.1) is 63.9 Å². The van der Waals surface area contributed by atoms with Crippen LogP contribution in [0.1, 0.15) is 62.7 Å². The first-order valence-corrected chi connectivity index (χ1v) is 40.2. The van der Waals surface area contributed by atoms with Gasteiger partial charge in [0.25, 0.3) is 0 Å². The van der Waals surface area contributed by atoms with Crippen LogP contribution in [0.15, 0.2) is 147 Å². The summed E-state index contributed by atoms with van der Waals surface area (Å²) in [5.74, 6) is 4.45. The van der Waals surface area contributed by atoms with Crippen LogP contribution in [0.25, 0.3) is 67.1 Å². The molecule has 1 unspecified atom stereocenters. The number of benzene rings is 4. The lowest BCUT2D eigenvalue weighted by Crippen LogP contribution is -2.51. The summed E-state index contributed by atoms with van der Waals surface area (Å²) >= 11 is 6.36. The molecule has 610 valence electrons. The quantitative estimate of drug-likeness (QED) is 0.0897. The highest BCUT2D eigenvalue weighted by atomic mass is 35.5. The van der Waals surface area contributed by atoms with Crippen molar-refractivity contribution in [2.24, 2.45) is 11.1 Å². The second kappa shape index (κ2) is 37.8. The summed E-state index contributed by atoms with van der Waals surface area (Å²) in [5, 5.41) is 31.8. The van der Waals surface area contributed by atoms with Gasteiger partial charge in [0, 0.05) is 182 Å². The Morgan fingerprint density at radius 3 is 1.39 bits per heavy atom. The van der Waals surface area contributed by atoms with Crippen LogP contribution in [0, 0.1) is 17.0 Å². The molecule has 29 nitrogen and oxygen atoms in total. The molecule has 1 saturated heterocycles. The molecular weight excluding hydrogens is 1500 g/mol. The summed E-state index contributed by atoms with van der Waals surface area (Å²) in [5.41, 5.74) is 15.6. The number of halogens is 3. The first-order chi connectivity index (χ1) is 56.6. The molecule has 32 heteroatoms. The number of carbonyl (C=O) groups excluding carboxylic acids is 1. The van der Waals surface area contributed by atoms with Crippen LogP contribution in [0.4, 0.5) is 32.1 Å². The van der Waals surface area contributed by atoms with Gasteiger partial charge in [-0.15, -0.1) is 0 Å². The largest absolute Gasteiger partial charge is 0.493 e. The van der Waals surface area contributed by atoms with E-state index in [2.05, 4.69) is 80.1 Å². The lowest BCUT2D eigenvalue weighted by atomic mass is 9.74. The van der Waals surface area contributed by atoms with Crippen molar-refractivity contribution in [3.63, 3.8) is 0 Å². The first kappa shape index (κ1) is 80.3. The van der Waals surface area contributed by atoms with Gasteiger partial charge in [0.1, 0.15) is 77.7 Å². The molecule has 18 rings (SSSR count). The van der Waals surface area contributed by atoms with Gasteiger partial charge in [0.15, 0.2) is 22.6 Å². The predicted octanol–water partition coefficient (Wildman–Crippen LogP) is 11.5. The van der Waals surface area contributed by atoms with Gasteiger partial charge in [-0.25, -0.2) is 46.8 Å². The number of nitrogens with one attached hydrogen (secondary N) is 4. The minimum Gasteiger partial charge on any atom is -0.493 e. The zero-order valence-electron chi connectivity index (χ0n) is 65.9. The van der Waals surface area contributed by atoms with Gasteiger partial charge < -0.3 is 60.2 Å². The Morgan fingerprint density at radius 2 is 0.914 bits per heavy atom. The lowest BCUT2D eigenvalue weighted by Gasteiger charge is -2.41. The summed E-state index contributed by atoms with van der Waals surface area (Å²) in [6.07, 6.45) is 21.3. The fraction of sp³-hybridized carbons (Fsp3) is 0.417. The van der Waals surface area contributed by atoms with Crippen molar-refractivity contribution >= 4 is 63.4 Å². The van der Waals surface area contributed by atoms with Gasteiger partial charge in [-0.2, -0.15) is 20.4 Å². The third-order valence-corrected chi connectivity index (χ3v) is 21.8. The van der Waals surface area contributed by atoms with Crippen LogP contribution in [0.3, 0.4) is 0 Å². The maximum atomic E-state index is 14.4. The molecule has 12 aromatic rings. The second-order valence-corrected chi connectivity index (χ2v) is 30.8. The van der Waals surface area contributed by atoms with Gasteiger partial charge >= 0.3 is 0 Å². The maximum Gasteiger partial charge on any atom is 0.248 e. The molecule has 4 aromatic carbocycles. The van der Waals surface area contributed by atoms with E-state index in [0.717, 1.165) is 191 Å². The highest BCUT2D eigenvalue weighted by Crippen LogP contribution is 2.39. The molecule has 16 bridgehead atoms. The minimum absolute atomic E-state index is 0.320. The molecule has 1 saturated carbocycles. The number of nitrogens with two attached hydrogens (primary N) is 1. The van der Waals surface area contributed by atoms with E-state index in [0.29, 0.717) is 107 Å². The molecule has 0 radical (unpaired) electrons. The van der Waals surface area contributed by atoms with Crippen molar-refractivity contribution in [2.45, 2.75) is 64.5 Å². The average Bonchev–Trinajstić information content (AvgIpc) is 1.58. The van der Waals surface area contributed by atoms with E-state index in [9.17, 15) is 13.6 Å². The summed E-state index contributed by atoms with van der Waals surface area (Å²) in [6, 6.07) is 29.3. The second-order valence-electron chi connectivity index (χ2n) is 30.3. The van der Waals surface area contributed by atoms with Gasteiger partial charge in [-0.1, -0.05) is 31.9 Å². The van der Waals surface area contributed by atoms with Crippen molar-refractivity contribution < 1.29 is 46.7 Å². The molecule has 13 heterocycles. The summed E-state index contributed by atoms with van der Waals surface area (Å²) in [7, 11) is 3.43. The number of nitrogens with zero attached hydrogens (tertiary/aromatic N) is 16. The Hall–Kier alpha value is -10.9. The van der Waals surface area contributed by atoms with E-state index in [1.165, 1.54) is 49.9 Å². The monoisotopic (exact) mass is 1600 g/mol. The summed E-state index contributed by atoms with van der Waals surface area (Å²) in [6.45, 7) is 21.5. The van der Waals surface area contributed by atoms with Crippen molar-refractivity contribution in [3.05, 3.63) is 169 Å². The molecule has 1 amide bonds. The SMILES string of the molecule is CC1(C)CCCC(N2CCNc3ccn4ncc(c4n3)-c3cc(F)cc(c3)OCC2)C1.COCCN1CCCNc2ccn3ncc(c3n2)-c2cc(Cl)cc(c2)OCC1.COCCN1CCCOc2cc(F)cc(c2)-c2cnn3ccc(nc23)NCC1.NC(=O)c1cc2cc(c1)-c1cnn3ccc(nc13)NCCN(C1COC1)CCO2. The minimum atomic E-state index is -0.502.